The lowest BCUT2D eigenvalue weighted by molar-refractivity contribution is -0.141. The molecule has 0 bridgehead atoms. The number of benzene rings is 2. The van der Waals surface area contributed by atoms with Gasteiger partial charge in [0.2, 0.25) is 21.8 Å². The molecule has 0 aliphatic rings. The first kappa shape index (κ1) is 25.8. The number of nitrogens with one attached hydrogen (secondary N) is 1. The first-order valence-electron chi connectivity index (χ1n) is 10.4. The molecule has 0 saturated carbocycles. The Hall–Kier alpha value is -2.42. The predicted molar refractivity (Wildman–Crippen MR) is 126 cm³/mol. The molecular formula is C23H30ClN3O4S. The maximum Gasteiger partial charge on any atom is 0.243 e. The van der Waals surface area contributed by atoms with Gasteiger partial charge in [0.1, 0.15) is 6.04 Å². The van der Waals surface area contributed by atoms with Gasteiger partial charge in [-0.25, -0.2) is 8.42 Å². The monoisotopic (exact) mass is 479 g/mol. The van der Waals surface area contributed by atoms with Crippen LogP contribution in [0, 0.1) is 6.92 Å². The first-order chi connectivity index (χ1) is 15.1. The van der Waals surface area contributed by atoms with Crippen molar-refractivity contribution in [2.75, 3.05) is 20.1 Å². The number of hydrogen-bond acceptors (Lipinski definition) is 4. The Bertz CT molecular complexity index is 1020. The van der Waals surface area contributed by atoms with Gasteiger partial charge in [-0.1, -0.05) is 48.4 Å². The molecule has 0 unspecified atom stereocenters. The lowest BCUT2D eigenvalue weighted by Crippen LogP contribution is -2.51. The third-order valence-corrected chi connectivity index (χ3v) is 7.16. The molecule has 7 nitrogen and oxygen atoms in total. The van der Waals surface area contributed by atoms with E-state index in [1.807, 2.05) is 13.8 Å². The summed E-state index contributed by atoms with van der Waals surface area (Å²) in [6, 6.07) is 12.7. The Balaban J connectivity index is 2.30. The predicted octanol–water partition coefficient (Wildman–Crippen LogP) is 3.21. The molecule has 32 heavy (non-hydrogen) atoms. The summed E-state index contributed by atoms with van der Waals surface area (Å²) < 4.78 is 26.9. The standard InChI is InChI=1S/C23H30ClN3O4S/c1-5-21(23(29)25-6-2)27(15-18-9-11-19(24)12-10-18)22(28)16-26(4)32(30,31)20-13-7-17(3)8-14-20/h7-14,21H,5-6,15-16H2,1-4H3,(H,25,29)/t21-/m0/s1. The van der Waals surface area contributed by atoms with Gasteiger partial charge >= 0.3 is 0 Å². The molecule has 2 rings (SSSR count). The van der Waals surface area contributed by atoms with Crippen molar-refractivity contribution in [2.45, 2.75) is 44.7 Å². The van der Waals surface area contributed by atoms with Crippen LogP contribution in [-0.2, 0) is 26.2 Å². The summed E-state index contributed by atoms with van der Waals surface area (Å²) in [6.07, 6.45) is 0.388. The van der Waals surface area contributed by atoms with Crippen molar-refractivity contribution >= 4 is 33.4 Å². The Morgan fingerprint density at radius 3 is 2.16 bits per heavy atom. The highest BCUT2D eigenvalue weighted by Gasteiger charge is 2.31. The molecule has 0 aliphatic heterocycles. The Morgan fingerprint density at radius 2 is 1.62 bits per heavy atom. The zero-order valence-corrected chi connectivity index (χ0v) is 20.4. The molecular weight excluding hydrogens is 450 g/mol. The maximum atomic E-state index is 13.3. The van der Waals surface area contributed by atoms with Gasteiger partial charge in [-0.05, 0) is 50.1 Å². The van der Waals surface area contributed by atoms with E-state index in [1.54, 1.807) is 43.3 Å². The third-order valence-electron chi connectivity index (χ3n) is 5.09. The lowest BCUT2D eigenvalue weighted by Gasteiger charge is -2.31. The van der Waals surface area contributed by atoms with E-state index in [9.17, 15) is 18.0 Å². The van der Waals surface area contributed by atoms with E-state index < -0.39 is 22.0 Å². The molecule has 9 heteroatoms. The van der Waals surface area contributed by atoms with Gasteiger partial charge in [-0.15, -0.1) is 0 Å². The van der Waals surface area contributed by atoms with Crippen LogP contribution >= 0.6 is 11.6 Å². The largest absolute Gasteiger partial charge is 0.355 e. The van der Waals surface area contributed by atoms with Crippen LogP contribution in [0.3, 0.4) is 0 Å². The van der Waals surface area contributed by atoms with E-state index >= 15 is 0 Å². The molecule has 0 radical (unpaired) electrons. The maximum absolute atomic E-state index is 13.3. The SMILES string of the molecule is CCNC(=O)[C@H](CC)N(Cc1ccc(Cl)cc1)C(=O)CN(C)S(=O)(=O)c1ccc(C)cc1. The van der Waals surface area contributed by atoms with Crippen molar-refractivity contribution < 1.29 is 18.0 Å². The Kier molecular flexibility index (Phi) is 9.24. The fraction of sp³-hybridized carbons (Fsp3) is 0.391. The first-order valence-corrected chi connectivity index (χ1v) is 12.3. The van der Waals surface area contributed by atoms with E-state index in [1.165, 1.54) is 24.1 Å². The van der Waals surface area contributed by atoms with Gasteiger partial charge in [0, 0.05) is 25.2 Å². The normalized spacial score (nSPS) is 12.4. The van der Waals surface area contributed by atoms with Crippen molar-refractivity contribution in [3.8, 4) is 0 Å². The van der Waals surface area contributed by atoms with Crippen LogP contribution in [-0.4, -0.2) is 55.6 Å². The van der Waals surface area contributed by atoms with Gasteiger partial charge < -0.3 is 10.2 Å². The molecule has 0 fully saturated rings. The fourth-order valence-electron chi connectivity index (χ4n) is 3.25. The average molecular weight is 480 g/mol. The van der Waals surface area contributed by atoms with E-state index in [0.717, 1.165) is 15.4 Å². The van der Waals surface area contributed by atoms with E-state index in [0.29, 0.717) is 18.0 Å². The lowest BCUT2D eigenvalue weighted by atomic mass is 10.1. The van der Waals surface area contributed by atoms with Crippen LogP contribution in [0.2, 0.25) is 5.02 Å². The van der Waals surface area contributed by atoms with Crippen molar-refractivity contribution in [1.29, 1.82) is 0 Å². The van der Waals surface area contributed by atoms with E-state index in [-0.39, 0.29) is 23.9 Å². The topological polar surface area (TPSA) is 86.8 Å². The fourth-order valence-corrected chi connectivity index (χ4v) is 4.50. The summed E-state index contributed by atoms with van der Waals surface area (Å²) in [5.74, 6) is -0.738. The summed E-state index contributed by atoms with van der Waals surface area (Å²) in [6.45, 7) is 5.68. The second kappa shape index (κ2) is 11.4. The molecule has 2 amide bonds. The highest BCUT2D eigenvalue weighted by atomic mass is 35.5. The number of hydrogen-bond donors (Lipinski definition) is 1. The molecule has 0 aromatic heterocycles. The van der Waals surface area contributed by atoms with Crippen molar-refractivity contribution in [1.82, 2.24) is 14.5 Å². The van der Waals surface area contributed by atoms with Crippen LogP contribution in [0.5, 0.6) is 0 Å². The minimum Gasteiger partial charge on any atom is -0.355 e. The van der Waals surface area contributed by atoms with Crippen LogP contribution in [0.25, 0.3) is 0 Å². The summed E-state index contributed by atoms with van der Waals surface area (Å²) >= 11 is 5.96. The number of amides is 2. The number of carbonyl (C=O) groups excluding carboxylic acids is 2. The number of sulfonamides is 1. The molecule has 174 valence electrons. The highest BCUT2D eigenvalue weighted by Crippen LogP contribution is 2.18. The Labute approximate surface area is 195 Å². The second-order valence-electron chi connectivity index (χ2n) is 7.54. The van der Waals surface area contributed by atoms with Gasteiger partial charge in [0.05, 0.1) is 11.4 Å². The number of carbonyl (C=O) groups is 2. The van der Waals surface area contributed by atoms with Crippen LogP contribution < -0.4 is 5.32 Å². The van der Waals surface area contributed by atoms with E-state index in [2.05, 4.69) is 5.32 Å². The van der Waals surface area contributed by atoms with E-state index in [4.69, 9.17) is 11.6 Å². The van der Waals surface area contributed by atoms with Crippen LogP contribution in [0.1, 0.15) is 31.4 Å². The van der Waals surface area contributed by atoms with Crippen molar-refractivity contribution in [2.24, 2.45) is 0 Å². The van der Waals surface area contributed by atoms with Crippen LogP contribution in [0.15, 0.2) is 53.4 Å². The third kappa shape index (κ3) is 6.54. The Morgan fingerprint density at radius 1 is 1.03 bits per heavy atom. The number of nitrogens with zero attached hydrogens (tertiary/aromatic N) is 2. The summed E-state index contributed by atoms with van der Waals surface area (Å²) in [4.78, 5) is 27.5. The molecule has 1 N–H and O–H groups in total. The number of halogens is 1. The second-order valence-corrected chi connectivity index (χ2v) is 10.0. The molecule has 2 aromatic rings. The van der Waals surface area contributed by atoms with Gasteiger partial charge in [-0.3, -0.25) is 9.59 Å². The van der Waals surface area contributed by atoms with Gasteiger partial charge in [-0.2, -0.15) is 4.31 Å². The molecule has 0 spiro atoms. The molecule has 0 aliphatic carbocycles. The molecule has 1 atom stereocenters. The van der Waals surface area contributed by atoms with Crippen molar-refractivity contribution in [3.05, 3.63) is 64.7 Å². The number of aryl methyl sites for hydroxylation is 1. The molecule has 2 aromatic carbocycles. The summed E-state index contributed by atoms with van der Waals surface area (Å²) in [7, 11) is -2.50. The van der Waals surface area contributed by atoms with Crippen LogP contribution in [0.4, 0.5) is 0 Å². The number of rotatable bonds is 10. The number of likely N-dealkylation sites (N-methyl/N-ethyl adjacent to an activating group) is 2. The highest BCUT2D eigenvalue weighted by molar-refractivity contribution is 7.89. The summed E-state index contributed by atoms with van der Waals surface area (Å²) in [5.41, 5.74) is 1.72. The smallest absolute Gasteiger partial charge is 0.243 e. The average Bonchev–Trinajstić information content (AvgIpc) is 2.75. The van der Waals surface area contributed by atoms with Crippen molar-refractivity contribution in [3.63, 3.8) is 0 Å². The summed E-state index contributed by atoms with van der Waals surface area (Å²) in [5, 5.41) is 3.32. The quantitative estimate of drug-likeness (QED) is 0.566. The zero-order valence-electron chi connectivity index (χ0n) is 18.8. The minimum absolute atomic E-state index is 0.110. The molecule has 0 heterocycles. The molecule has 0 saturated heterocycles. The van der Waals surface area contributed by atoms with Gasteiger partial charge in [0.15, 0.2) is 0 Å². The van der Waals surface area contributed by atoms with Gasteiger partial charge in [0.25, 0.3) is 0 Å². The zero-order chi connectivity index (χ0) is 23.9. The minimum atomic E-state index is -3.86.